The first-order chi connectivity index (χ1) is 10.4. The number of likely N-dealkylation sites (tertiary alicyclic amines) is 1. The van der Waals surface area contributed by atoms with Gasteiger partial charge in [-0.05, 0) is 36.5 Å². The summed E-state index contributed by atoms with van der Waals surface area (Å²) >= 11 is 0. The molecule has 1 aliphatic heterocycles. The van der Waals surface area contributed by atoms with Crippen molar-refractivity contribution in [3.05, 3.63) is 0 Å². The Bertz CT molecular complexity index is 389. The summed E-state index contributed by atoms with van der Waals surface area (Å²) in [7, 11) is 0. The fraction of sp³-hybridized carbons (Fsp3) is 0.938. The summed E-state index contributed by atoms with van der Waals surface area (Å²) in [5.74, 6) is -0.294. The molecule has 2 amide bonds. The summed E-state index contributed by atoms with van der Waals surface area (Å²) in [5, 5.41) is 12.2. The van der Waals surface area contributed by atoms with Gasteiger partial charge in [-0.1, -0.05) is 27.7 Å². The van der Waals surface area contributed by atoms with Crippen LogP contribution in [0.5, 0.6) is 0 Å². The first-order valence-electron chi connectivity index (χ1n) is 8.20. The summed E-state index contributed by atoms with van der Waals surface area (Å²) < 4.78 is 37.5. The van der Waals surface area contributed by atoms with Crippen molar-refractivity contribution in [2.75, 3.05) is 19.6 Å². The third kappa shape index (κ3) is 6.57. The maximum absolute atomic E-state index is 12.5. The van der Waals surface area contributed by atoms with Gasteiger partial charge in [0.2, 0.25) is 0 Å². The third-order valence-electron chi connectivity index (χ3n) is 4.29. The molecule has 1 heterocycles. The van der Waals surface area contributed by atoms with Crippen molar-refractivity contribution in [1.82, 2.24) is 10.2 Å². The lowest BCUT2D eigenvalue weighted by atomic mass is 9.84. The molecule has 1 saturated heterocycles. The monoisotopic (exact) mass is 338 g/mol. The van der Waals surface area contributed by atoms with E-state index in [1.54, 1.807) is 0 Å². The zero-order chi connectivity index (χ0) is 17.8. The van der Waals surface area contributed by atoms with Crippen LogP contribution in [-0.4, -0.2) is 48.0 Å². The zero-order valence-corrected chi connectivity index (χ0v) is 14.4. The van der Waals surface area contributed by atoms with Crippen molar-refractivity contribution in [2.24, 2.45) is 17.3 Å². The number of amides is 2. The number of alkyl halides is 3. The maximum atomic E-state index is 12.5. The Morgan fingerprint density at radius 3 is 2.22 bits per heavy atom. The van der Waals surface area contributed by atoms with Gasteiger partial charge in [-0.3, -0.25) is 0 Å². The smallest absolute Gasteiger partial charge is 0.383 e. The van der Waals surface area contributed by atoms with Gasteiger partial charge in [0.15, 0.2) is 6.10 Å². The lowest BCUT2D eigenvalue weighted by molar-refractivity contribution is -0.222. The number of aliphatic hydroxyl groups is 1. The van der Waals surface area contributed by atoms with E-state index in [0.717, 1.165) is 6.42 Å². The molecule has 2 N–H and O–H groups in total. The predicted molar refractivity (Wildman–Crippen MR) is 83.0 cm³/mol. The quantitative estimate of drug-likeness (QED) is 0.807. The number of hydrogen-bond donors (Lipinski definition) is 2. The van der Waals surface area contributed by atoms with Crippen molar-refractivity contribution in [2.45, 2.75) is 59.2 Å². The number of nitrogens with zero attached hydrogens (tertiary/aromatic N) is 1. The second kappa shape index (κ2) is 7.73. The molecule has 1 unspecified atom stereocenters. The molecule has 7 heteroatoms. The van der Waals surface area contributed by atoms with Crippen molar-refractivity contribution < 1.29 is 23.1 Å². The lowest BCUT2D eigenvalue weighted by Crippen LogP contribution is -2.49. The van der Waals surface area contributed by atoms with E-state index in [-0.39, 0.29) is 37.4 Å². The fourth-order valence-corrected chi connectivity index (χ4v) is 3.29. The van der Waals surface area contributed by atoms with Crippen LogP contribution in [0.25, 0.3) is 0 Å². The Labute approximate surface area is 136 Å². The molecule has 0 saturated carbocycles. The summed E-state index contributed by atoms with van der Waals surface area (Å²) in [6.07, 6.45) is -5.56. The second-order valence-corrected chi connectivity index (χ2v) is 7.73. The Morgan fingerprint density at radius 2 is 1.78 bits per heavy atom. The number of halogens is 3. The first kappa shape index (κ1) is 20.1. The molecule has 23 heavy (non-hydrogen) atoms. The van der Waals surface area contributed by atoms with Crippen LogP contribution in [0, 0.1) is 17.3 Å². The molecule has 136 valence electrons. The van der Waals surface area contributed by atoms with Crippen molar-refractivity contribution in [3.63, 3.8) is 0 Å². The van der Waals surface area contributed by atoms with E-state index in [4.69, 9.17) is 0 Å². The molecule has 0 aliphatic carbocycles. The van der Waals surface area contributed by atoms with Crippen LogP contribution >= 0.6 is 0 Å². The number of urea groups is 1. The highest BCUT2D eigenvalue weighted by Gasteiger charge is 2.44. The molecule has 1 atom stereocenters. The summed E-state index contributed by atoms with van der Waals surface area (Å²) in [5.41, 5.74) is -0.0192. The molecule has 1 fully saturated rings. The van der Waals surface area contributed by atoms with Gasteiger partial charge in [0.05, 0.1) is 0 Å². The van der Waals surface area contributed by atoms with Gasteiger partial charge in [-0.15, -0.1) is 0 Å². The standard InChI is InChI=1S/C16H29F3N2O2/c1-11(2)9-15(3,4)10-20-14(23)21-7-5-12(6-8-21)13(22)16(17,18)19/h11-13,22H,5-10H2,1-4H3,(H,20,23). The molecular formula is C16H29F3N2O2. The molecule has 4 nitrogen and oxygen atoms in total. The summed E-state index contributed by atoms with van der Waals surface area (Å²) in [6.45, 7) is 9.44. The molecule has 1 aliphatic rings. The van der Waals surface area contributed by atoms with E-state index in [1.165, 1.54) is 4.90 Å². The van der Waals surface area contributed by atoms with Crippen LogP contribution in [0.2, 0.25) is 0 Å². The van der Waals surface area contributed by atoms with Crippen LogP contribution in [0.3, 0.4) is 0 Å². The zero-order valence-electron chi connectivity index (χ0n) is 14.4. The van der Waals surface area contributed by atoms with Gasteiger partial charge < -0.3 is 15.3 Å². The highest BCUT2D eigenvalue weighted by atomic mass is 19.4. The normalized spacial score (nSPS) is 19.1. The molecule has 0 aromatic heterocycles. The second-order valence-electron chi connectivity index (χ2n) is 7.73. The van der Waals surface area contributed by atoms with Crippen molar-refractivity contribution in [3.8, 4) is 0 Å². The molecule has 1 rings (SSSR count). The largest absolute Gasteiger partial charge is 0.414 e. The molecule has 0 radical (unpaired) electrons. The van der Waals surface area contributed by atoms with Crippen molar-refractivity contribution in [1.29, 1.82) is 0 Å². The molecule has 0 aromatic carbocycles. The van der Waals surface area contributed by atoms with Gasteiger partial charge in [0.1, 0.15) is 0 Å². The minimum absolute atomic E-state index is 0.0192. The van der Waals surface area contributed by atoms with Crippen LogP contribution in [0.4, 0.5) is 18.0 Å². The lowest BCUT2D eigenvalue weighted by Gasteiger charge is -2.35. The average molecular weight is 338 g/mol. The SMILES string of the molecule is CC(C)CC(C)(C)CNC(=O)N1CCC(C(O)C(F)(F)F)CC1. The number of carbonyl (C=O) groups is 1. The number of nitrogens with one attached hydrogen (secondary N) is 1. The van der Waals surface area contributed by atoms with Crippen LogP contribution < -0.4 is 5.32 Å². The molecular weight excluding hydrogens is 309 g/mol. The predicted octanol–water partition coefficient (Wildman–Crippen LogP) is 3.40. The Hall–Kier alpha value is -0.980. The van der Waals surface area contributed by atoms with E-state index in [2.05, 4.69) is 33.0 Å². The number of aliphatic hydroxyl groups excluding tert-OH is 1. The number of hydrogen-bond acceptors (Lipinski definition) is 2. The van der Waals surface area contributed by atoms with Crippen LogP contribution in [0.15, 0.2) is 0 Å². The highest BCUT2D eigenvalue weighted by molar-refractivity contribution is 5.74. The Balaban J connectivity index is 2.41. The van der Waals surface area contributed by atoms with Gasteiger partial charge in [0, 0.05) is 19.6 Å². The van der Waals surface area contributed by atoms with Gasteiger partial charge in [-0.2, -0.15) is 13.2 Å². The van der Waals surface area contributed by atoms with E-state index in [9.17, 15) is 23.1 Å². The summed E-state index contributed by atoms with van der Waals surface area (Å²) in [6, 6.07) is -0.234. The number of rotatable bonds is 5. The maximum Gasteiger partial charge on any atom is 0.414 e. The highest BCUT2D eigenvalue weighted by Crippen LogP contribution is 2.31. The molecule has 0 aromatic rings. The third-order valence-corrected chi connectivity index (χ3v) is 4.29. The van der Waals surface area contributed by atoms with Gasteiger partial charge in [0.25, 0.3) is 0 Å². The first-order valence-corrected chi connectivity index (χ1v) is 8.20. The van der Waals surface area contributed by atoms with Gasteiger partial charge in [-0.25, -0.2) is 4.79 Å². The van der Waals surface area contributed by atoms with Gasteiger partial charge >= 0.3 is 12.2 Å². The number of piperidine rings is 1. The Kier molecular flexibility index (Phi) is 6.74. The average Bonchev–Trinajstić information content (AvgIpc) is 2.42. The Morgan fingerprint density at radius 1 is 1.26 bits per heavy atom. The van der Waals surface area contributed by atoms with Crippen molar-refractivity contribution >= 4 is 6.03 Å². The topological polar surface area (TPSA) is 52.6 Å². The van der Waals surface area contributed by atoms with E-state index in [1.807, 2.05) is 0 Å². The van der Waals surface area contributed by atoms with Crippen LogP contribution in [0.1, 0.15) is 47.0 Å². The summed E-state index contributed by atoms with van der Waals surface area (Å²) in [4.78, 5) is 13.7. The minimum atomic E-state index is -4.59. The van der Waals surface area contributed by atoms with E-state index in [0.29, 0.717) is 12.5 Å². The molecule has 0 spiro atoms. The van der Waals surface area contributed by atoms with Crippen LogP contribution in [-0.2, 0) is 0 Å². The number of carbonyl (C=O) groups excluding carboxylic acids is 1. The fourth-order valence-electron chi connectivity index (χ4n) is 3.29. The van der Waals surface area contributed by atoms with E-state index >= 15 is 0 Å². The minimum Gasteiger partial charge on any atom is -0.383 e. The molecule has 0 bridgehead atoms. The van der Waals surface area contributed by atoms with E-state index < -0.39 is 18.2 Å².